The van der Waals surface area contributed by atoms with Crippen molar-refractivity contribution in [3.63, 3.8) is 0 Å². The highest BCUT2D eigenvalue weighted by molar-refractivity contribution is 7.80. The van der Waals surface area contributed by atoms with Crippen LogP contribution in [0.25, 0.3) is 10.9 Å². The summed E-state index contributed by atoms with van der Waals surface area (Å²) in [6, 6.07) is -15.1. The molecular weight excluding hydrogens is 1510 g/mol. The van der Waals surface area contributed by atoms with E-state index >= 15 is 0 Å². The van der Waals surface area contributed by atoms with Gasteiger partial charge in [-0.05, 0) is 81.8 Å². The normalized spacial score (nSPS) is 16.4. The number of aliphatic carboxylic acids is 3. The van der Waals surface area contributed by atoms with Crippen molar-refractivity contribution in [3.8, 4) is 0 Å². The number of carboxylic acid groups (broad SMARTS) is 3. The molecule has 0 unspecified atom stereocenters. The number of likely N-dealkylation sites (tertiary alicyclic amines) is 1. The lowest BCUT2D eigenvalue weighted by Crippen LogP contribution is -2.62. The van der Waals surface area contributed by atoms with Gasteiger partial charge in [0, 0.05) is 60.6 Å². The molecule has 1 saturated heterocycles. The predicted molar refractivity (Wildman–Crippen MR) is 401 cm³/mol. The maximum absolute atomic E-state index is 14.8. The molecule has 0 bridgehead atoms. The molecule has 4 rings (SSSR count). The smallest absolute Gasteiger partial charge is 0.328 e. The molecule has 0 aliphatic carbocycles. The van der Waals surface area contributed by atoms with Crippen molar-refractivity contribution in [2.24, 2.45) is 23.5 Å². The number of aromatic nitrogens is 3. The van der Waals surface area contributed by atoms with Gasteiger partial charge in [0.15, 0.2) is 0 Å². The number of nitrogens with zero attached hydrogens (tertiary/aromatic N) is 2. The Hall–Kier alpha value is -10.9. The molecule has 626 valence electrons. The Morgan fingerprint density at radius 1 is 0.540 bits per heavy atom. The van der Waals surface area contributed by atoms with E-state index in [9.17, 15) is 117 Å². The number of rotatable bonds is 48. The van der Waals surface area contributed by atoms with Crippen LogP contribution >= 0.6 is 12.6 Å². The number of imidazole rings is 1. The van der Waals surface area contributed by atoms with E-state index in [1.165, 1.54) is 24.3 Å². The molecule has 43 heteroatoms. The molecule has 2 aromatic heterocycles. The van der Waals surface area contributed by atoms with Gasteiger partial charge in [-0.15, -0.1) is 0 Å². The number of benzene rings is 1. The number of amides is 14. The maximum Gasteiger partial charge on any atom is 0.328 e. The van der Waals surface area contributed by atoms with Gasteiger partial charge in [-0.3, -0.25) is 76.7 Å². The zero-order valence-electron chi connectivity index (χ0n) is 63.7. The topological polar surface area (TPSA) is 662 Å². The van der Waals surface area contributed by atoms with Crippen molar-refractivity contribution in [1.82, 2.24) is 89.0 Å². The van der Waals surface area contributed by atoms with Crippen LogP contribution in [-0.4, -0.2) is 286 Å². The van der Waals surface area contributed by atoms with E-state index in [0.717, 1.165) is 6.92 Å². The van der Waals surface area contributed by atoms with E-state index in [-0.39, 0.29) is 56.7 Å². The lowest BCUT2D eigenvalue weighted by Gasteiger charge is -2.31. The van der Waals surface area contributed by atoms with Crippen molar-refractivity contribution in [1.29, 1.82) is 0 Å². The van der Waals surface area contributed by atoms with E-state index in [2.05, 4.69) is 91.4 Å². The van der Waals surface area contributed by atoms with E-state index in [0.29, 0.717) is 28.6 Å². The monoisotopic (exact) mass is 1610 g/mol. The molecule has 0 saturated carbocycles. The molecule has 1 aliphatic rings. The van der Waals surface area contributed by atoms with Crippen LogP contribution in [0.3, 0.4) is 0 Å². The fourth-order valence-electron chi connectivity index (χ4n) is 11.8. The van der Waals surface area contributed by atoms with Gasteiger partial charge in [0.25, 0.3) is 0 Å². The molecule has 0 radical (unpaired) electrons. The summed E-state index contributed by atoms with van der Waals surface area (Å²) in [5.41, 5.74) is 7.24. The Labute approximate surface area is 654 Å². The van der Waals surface area contributed by atoms with Gasteiger partial charge in [-0.25, -0.2) is 9.78 Å². The second-order valence-corrected chi connectivity index (χ2v) is 28.8. The summed E-state index contributed by atoms with van der Waals surface area (Å²) in [5, 5.41) is 99.7. The molecule has 24 N–H and O–H groups in total. The number of carboxylic acids is 3. The highest BCUT2D eigenvalue weighted by Gasteiger charge is 2.42. The summed E-state index contributed by atoms with van der Waals surface area (Å²) in [6.07, 6.45) is -0.254. The second kappa shape index (κ2) is 46.2. The lowest BCUT2D eigenvalue weighted by molar-refractivity contribution is -0.144. The van der Waals surface area contributed by atoms with Gasteiger partial charge < -0.3 is 125 Å². The van der Waals surface area contributed by atoms with Crippen molar-refractivity contribution in [3.05, 3.63) is 54.2 Å². The van der Waals surface area contributed by atoms with Crippen LogP contribution in [0, 0.1) is 17.8 Å². The predicted octanol–water partition coefficient (Wildman–Crippen LogP) is -7.20. The largest absolute Gasteiger partial charge is 0.481 e. The van der Waals surface area contributed by atoms with E-state index in [1.807, 2.05) is 5.32 Å². The van der Waals surface area contributed by atoms with E-state index < -0.39 is 249 Å². The number of aromatic amines is 2. The summed E-state index contributed by atoms with van der Waals surface area (Å²) >= 11 is 4.17. The quantitative estimate of drug-likeness (QED) is 0.0234. The number of aliphatic hydroxyl groups excluding tert-OH is 4. The Morgan fingerprint density at radius 3 is 1.62 bits per heavy atom. The van der Waals surface area contributed by atoms with Crippen LogP contribution in [0.4, 0.5) is 0 Å². The summed E-state index contributed by atoms with van der Waals surface area (Å²) in [6.45, 7) is 8.52. The minimum atomic E-state index is -1.97. The summed E-state index contributed by atoms with van der Waals surface area (Å²) in [7, 11) is 0. The molecule has 1 fully saturated rings. The third-order valence-electron chi connectivity index (χ3n) is 17.7. The zero-order valence-corrected chi connectivity index (χ0v) is 64.6. The zero-order chi connectivity index (χ0) is 84.7. The molecule has 1 aromatic carbocycles. The molecule has 42 nitrogen and oxygen atoms in total. The van der Waals surface area contributed by atoms with Gasteiger partial charge in [0.1, 0.15) is 84.6 Å². The maximum atomic E-state index is 14.8. The van der Waals surface area contributed by atoms with Crippen LogP contribution in [-0.2, 0) is 94.3 Å². The average molecular weight is 1620 g/mol. The molecule has 3 heterocycles. The lowest BCUT2D eigenvalue weighted by atomic mass is 10.0. The van der Waals surface area contributed by atoms with Gasteiger partial charge in [0.2, 0.25) is 82.7 Å². The van der Waals surface area contributed by atoms with Crippen LogP contribution in [0.1, 0.15) is 118 Å². The average Bonchev–Trinajstić information content (AvgIpc) is 1.70. The third-order valence-corrected chi connectivity index (χ3v) is 18.1. The molecule has 0 spiro atoms. The first-order chi connectivity index (χ1) is 53.2. The highest BCUT2D eigenvalue weighted by atomic mass is 32.1. The van der Waals surface area contributed by atoms with E-state index in [1.54, 1.807) is 72.0 Å². The number of nitrogens with one attached hydrogen (secondary N) is 15. The number of thiol groups is 1. The number of carbonyl (C=O) groups is 17. The summed E-state index contributed by atoms with van der Waals surface area (Å²) < 4.78 is 0. The number of fused-ring (bicyclic) bond motifs is 1. The molecule has 14 amide bonds. The summed E-state index contributed by atoms with van der Waals surface area (Å²) in [5.74, 6) is -20.4. The SMILES string of the molecule is CC(C)C[C@H](NC(=O)CNC(=O)[C@H](CO)NC(=O)[C@H](C)NC(=O)[C@H](Cc1c[nH]c2ccccc12)NC(=O)[C@@H]1CCCN1C(=O)[C@H](CC(C)C)NC(=O)[C@H](Cc1cnc[nH]1)NC(=O)[C@H](CS)NC(=O)[C@@H](N)CO)C(=O)N[C@@H](CCC(=O)O)C(=O)N[C@H](C(=O)N[C@@H](CC(C)C)C(=O)N[C@@H](CC(=O)O)C(=O)N[C@@H](CO)C(=O)O)[C@@H](C)O. The molecule has 3 aromatic rings. The number of carbonyl (C=O) groups excluding carboxylic acids is 14. The number of hydrogen-bond donors (Lipinski definition) is 24. The number of hydrogen-bond acceptors (Lipinski definition) is 24. The van der Waals surface area contributed by atoms with Gasteiger partial charge >= 0.3 is 17.9 Å². The summed E-state index contributed by atoms with van der Waals surface area (Å²) in [4.78, 5) is 240. The Morgan fingerprint density at radius 2 is 1.05 bits per heavy atom. The van der Waals surface area contributed by atoms with Gasteiger partial charge in [-0.2, -0.15) is 12.6 Å². The highest BCUT2D eigenvalue weighted by Crippen LogP contribution is 2.24. The molecule has 15 atom stereocenters. The molecule has 113 heavy (non-hydrogen) atoms. The fourth-order valence-corrected chi connectivity index (χ4v) is 12.0. The first-order valence-corrected chi connectivity index (χ1v) is 37.1. The van der Waals surface area contributed by atoms with Gasteiger partial charge in [0.05, 0.1) is 45.2 Å². The van der Waals surface area contributed by atoms with Crippen molar-refractivity contribution < 1.29 is 117 Å². The number of H-pyrrole nitrogens is 2. The van der Waals surface area contributed by atoms with Crippen LogP contribution in [0.5, 0.6) is 0 Å². The van der Waals surface area contributed by atoms with Crippen LogP contribution < -0.4 is 74.9 Å². The fraction of sp³-hybridized carbons (Fsp3) is 0.600. The first kappa shape index (κ1) is 94.5. The first-order valence-electron chi connectivity index (χ1n) is 36.5. The third kappa shape index (κ3) is 30.6. The number of para-hydroxylation sites is 1. The minimum absolute atomic E-state index is 0.0353. The Kier molecular flexibility index (Phi) is 38.6. The van der Waals surface area contributed by atoms with Crippen molar-refractivity contribution in [2.75, 3.05) is 38.7 Å². The Balaban J connectivity index is 1.48. The van der Waals surface area contributed by atoms with E-state index in [4.69, 9.17) is 5.73 Å². The molecule has 1 aliphatic heterocycles. The second-order valence-electron chi connectivity index (χ2n) is 28.5. The van der Waals surface area contributed by atoms with Crippen molar-refractivity contribution >= 4 is 124 Å². The van der Waals surface area contributed by atoms with Crippen LogP contribution in [0.15, 0.2) is 43.0 Å². The molecular formula is C70H106N18O24S. The number of nitrogens with two attached hydrogens (primary N) is 1. The minimum Gasteiger partial charge on any atom is -0.481 e. The Bertz CT molecular complexity index is 3820. The standard InChI is InChI=1S/C70H106N18O24S/c1-32(2)18-43(62(103)78-42(15-16-54(94)95)60(101)87-56(36(8)92)68(109)82-44(19-33(3)4)63(104)80-47(23-55(96)97)65(106)85-50(29-91)70(111)112)77-53(93)26-74-59(100)49(28-90)84-57(98)35(7)76-61(102)45(21-37-24-73-41-13-10-9-12-39(37)41)81-67(108)52-14-11-17-88(52)69(110)48(20-34(5)6)83-64(105)46(22-38-25-72-31-75-38)79-66(107)51(30-113)86-58(99)40(71)27-89/h9-10,12-13,24-25,31-36,40,42-52,56,73,89-92,113H,11,14-23,26-30,71H2,1-8H3,(H,72,75)(H,74,100)(H,76,102)(H,77,93)(H,78,103)(H,79,107)(H,80,104)(H,81,108)(H,82,109)(H,83,105)(H,84,98)(H,85,106)(H,86,99)(H,87,101)(H,94,95)(H,96,97)(H,111,112)/t35-,36+,40-,42-,43-,44-,45-,46-,47-,48-,49-,50-,51-,52-,56-/m0/s1. The number of aliphatic hydroxyl groups is 4. The van der Waals surface area contributed by atoms with Crippen molar-refractivity contribution in [2.45, 2.75) is 210 Å². The van der Waals surface area contributed by atoms with Gasteiger partial charge in [-0.1, -0.05) is 59.7 Å². The van der Waals surface area contributed by atoms with Crippen LogP contribution in [0.2, 0.25) is 0 Å².